The third-order valence-electron chi connectivity index (χ3n) is 14.0. The minimum atomic E-state index is -1.94. The van der Waals surface area contributed by atoms with Crippen LogP contribution in [-0.4, -0.2) is 252 Å². The highest BCUT2D eigenvalue weighted by Gasteiger charge is 2.60. The molecule has 0 aromatic heterocycles. The van der Waals surface area contributed by atoms with Gasteiger partial charge in [-0.3, -0.25) is 67.1 Å². The van der Waals surface area contributed by atoms with Gasteiger partial charge in [0.15, 0.2) is 73.6 Å². The average Bonchev–Trinajstić information content (AvgIpc) is 0.774. The average molecular weight is 1470 g/mol. The lowest BCUT2D eigenvalue weighted by Gasteiger charge is -2.48. The second kappa shape index (κ2) is 41.0. The molecule has 0 unspecified atom stereocenters. The van der Waals surface area contributed by atoms with E-state index in [2.05, 4.69) is 10.3 Å². The van der Waals surface area contributed by atoms with Crippen molar-refractivity contribution in [3.8, 4) is 0 Å². The number of esters is 14. The molecule has 4 heterocycles. The first-order valence-electron chi connectivity index (χ1n) is 31.0. The molecule has 100 heavy (non-hydrogen) atoms. The Bertz CT molecular complexity index is 2770. The van der Waals surface area contributed by atoms with Crippen molar-refractivity contribution in [1.29, 1.82) is 0 Å². The molecule has 4 rings (SSSR count). The second-order valence-corrected chi connectivity index (χ2v) is 24.8. The third kappa shape index (κ3) is 27.5. The van der Waals surface area contributed by atoms with Gasteiger partial charge >= 0.3 is 83.6 Å². The quantitative estimate of drug-likeness (QED) is 0.0189. The van der Waals surface area contributed by atoms with Crippen molar-refractivity contribution in [3.63, 3.8) is 0 Å². The van der Waals surface area contributed by atoms with Crippen LogP contribution in [0.2, 0.25) is 0 Å². The van der Waals surface area contributed by atoms with E-state index in [1.54, 1.807) is 0 Å². The molecule has 0 radical (unpaired) electrons. The van der Waals surface area contributed by atoms with E-state index >= 15 is 0 Å². The normalized spacial score (nSPS) is 29.7. The molecule has 4 fully saturated rings. The van der Waals surface area contributed by atoms with Crippen LogP contribution in [-0.2, 0) is 162 Å². The summed E-state index contributed by atoms with van der Waals surface area (Å²) in [4.78, 5) is 176. The topological polar surface area (TPSA) is 489 Å². The number of thioether (sulfide) groups is 2. The van der Waals surface area contributed by atoms with Crippen LogP contribution in [0.5, 0.6) is 0 Å². The fourth-order valence-corrected chi connectivity index (χ4v) is 12.8. The molecule has 0 aliphatic carbocycles. The van der Waals surface area contributed by atoms with Crippen molar-refractivity contribution in [1.82, 2.24) is 0 Å². The Morgan fingerprint density at radius 3 is 0.740 bits per heavy atom. The molecule has 0 saturated carbocycles. The van der Waals surface area contributed by atoms with Gasteiger partial charge in [0.05, 0.1) is 0 Å². The van der Waals surface area contributed by atoms with Gasteiger partial charge in [0.25, 0.3) is 0 Å². The van der Waals surface area contributed by atoms with Crippen LogP contribution in [0, 0.1) is 0 Å². The number of hydrogen-bond acceptors (Lipinski definition) is 40. The Kier molecular flexibility index (Phi) is 34.6. The van der Waals surface area contributed by atoms with Crippen LogP contribution in [0.15, 0.2) is 10.3 Å². The molecule has 4 saturated heterocycles. The molecule has 0 spiro atoms. The zero-order valence-electron chi connectivity index (χ0n) is 57.1. The number of oxime groups is 2. The summed E-state index contributed by atoms with van der Waals surface area (Å²) in [5.74, 6) is -13.1. The van der Waals surface area contributed by atoms with E-state index in [1.165, 1.54) is 0 Å². The fraction of sp³-hybridized carbons (Fsp3) is 0.733. The summed E-state index contributed by atoms with van der Waals surface area (Å²) in [6.45, 7) is 11.4. The Morgan fingerprint density at radius 2 is 0.500 bits per heavy atom. The van der Waals surface area contributed by atoms with Gasteiger partial charge in [-0.15, -0.1) is 0 Å². The lowest BCUT2D eigenvalue weighted by molar-refractivity contribution is -0.341. The van der Waals surface area contributed by atoms with E-state index in [-0.39, 0.29) is 35.8 Å². The SMILES string of the molecule is CC(=O)OC[C@H]1O[C@@H](S/C(CCCCCC/C(=N/O)S[C@@H]2O[C@H](COC(C)=O)[C@@H](O[C@H]3O[C@H](COC(C)=O)[C@@H](OC(C)=O)[C@H](OC(C)=O)[C@H]3OC(C)=O)[C@H](OC(C)=O)[C@H]2OC(C)=O)=N\O)[C@H](OC(C)=O)[C@@H](OC(C)=O)[C@@H]1O[C@H]1O[C@H](COC(C)=O)[C@@H](OC(C)=O)[C@H](OC(C)=O)[C@H]1OC(C)=O. The monoisotopic (exact) mass is 1470 g/mol. The lowest BCUT2D eigenvalue weighted by Crippen LogP contribution is -2.66. The van der Waals surface area contributed by atoms with E-state index < -0.39 is 231 Å². The number of rotatable bonds is 31. The van der Waals surface area contributed by atoms with Gasteiger partial charge in [-0.25, -0.2) is 0 Å². The molecule has 0 bridgehead atoms. The van der Waals surface area contributed by atoms with E-state index in [9.17, 15) is 77.5 Å². The van der Waals surface area contributed by atoms with E-state index in [1.807, 2.05) is 0 Å². The van der Waals surface area contributed by atoms with Crippen LogP contribution >= 0.6 is 23.5 Å². The van der Waals surface area contributed by atoms with Crippen molar-refractivity contribution >= 4 is 117 Å². The molecule has 562 valence electrons. The van der Waals surface area contributed by atoms with Crippen LogP contribution < -0.4 is 0 Å². The molecule has 4 aliphatic rings. The summed E-state index contributed by atoms with van der Waals surface area (Å²) in [6, 6.07) is 0. The van der Waals surface area contributed by atoms with Gasteiger partial charge in [-0.05, 0) is 25.7 Å². The van der Waals surface area contributed by atoms with Crippen LogP contribution in [0.3, 0.4) is 0 Å². The van der Waals surface area contributed by atoms with Crippen molar-refractivity contribution in [2.75, 3.05) is 26.4 Å². The van der Waals surface area contributed by atoms with E-state index in [0.717, 1.165) is 96.9 Å². The third-order valence-corrected chi connectivity index (χ3v) is 16.4. The molecule has 20 atom stereocenters. The summed E-state index contributed by atoms with van der Waals surface area (Å²) < 4.78 is 115. The van der Waals surface area contributed by atoms with Gasteiger partial charge in [0.2, 0.25) is 0 Å². The molecule has 2 N–H and O–H groups in total. The minimum Gasteiger partial charge on any atom is -0.463 e. The highest BCUT2D eigenvalue weighted by Crippen LogP contribution is 2.41. The Labute approximate surface area is 580 Å². The predicted molar refractivity (Wildman–Crippen MR) is 328 cm³/mol. The largest absolute Gasteiger partial charge is 0.463 e. The molecule has 40 heteroatoms. The Balaban J connectivity index is 1.61. The number of unbranched alkanes of at least 4 members (excludes halogenated alkanes) is 3. The van der Waals surface area contributed by atoms with Gasteiger partial charge in [0, 0.05) is 96.9 Å². The standard InChI is InChI=1S/C60H84N2O36S2/c1-25(63)79-21-39-45(83-29(5)67)49(85-31(7)69)53(89-35(11)73)57(93-39)97-47-41(23-81-27(3)65)95-59(55(91-37(13)75)51(47)87-33(9)71)99-43(61-77)19-17-15-16-18-20-44(62-78)100-60-56(92-38(14)76)52(88-34(10)72)48(42(96-60)24-82-28(4)66)98-58-54(90-36(12)74)50(86-32(8)70)46(84-30(6)68)40(94-58)22-80-26(2)64/h39-42,45-60,77-78H,15-24H2,1-14H3/b61-43-,62-44-/t39-,40-,41-,42-,45-,46-,47-,48-,49+,50+,51+,52+,53-,54-,55-,56-,57-,58-,59+,60+/m1/s1. The van der Waals surface area contributed by atoms with Gasteiger partial charge in [0.1, 0.15) is 84.0 Å². The summed E-state index contributed by atoms with van der Waals surface area (Å²) in [6.07, 6.45) is -29.6. The summed E-state index contributed by atoms with van der Waals surface area (Å²) >= 11 is 1.39. The lowest BCUT2D eigenvalue weighted by atomic mass is 9.96. The maximum atomic E-state index is 13.0. The number of carbonyl (C=O) groups is 14. The van der Waals surface area contributed by atoms with Gasteiger partial charge < -0.3 is 105 Å². The second-order valence-electron chi connectivity index (χ2n) is 22.5. The molecule has 0 aromatic carbocycles. The van der Waals surface area contributed by atoms with Crippen LogP contribution in [0.1, 0.15) is 135 Å². The van der Waals surface area contributed by atoms with E-state index in [0.29, 0.717) is 36.4 Å². The highest BCUT2D eigenvalue weighted by atomic mass is 32.2. The summed E-state index contributed by atoms with van der Waals surface area (Å²) in [5.41, 5.74) is -2.95. The first kappa shape index (κ1) is 84.4. The summed E-state index contributed by atoms with van der Waals surface area (Å²) in [5, 5.41) is 27.6. The highest BCUT2D eigenvalue weighted by molar-refractivity contribution is 8.14. The molecule has 0 aromatic rings. The van der Waals surface area contributed by atoms with Gasteiger partial charge in [-0.2, -0.15) is 0 Å². The Morgan fingerprint density at radius 1 is 0.280 bits per heavy atom. The zero-order chi connectivity index (χ0) is 74.8. The number of hydrogen-bond donors (Lipinski definition) is 2. The number of nitrogens with zero attached hydrogens (tertiary/aromatic N) is 2. The first-order chi connectivity index (χ1) is 47.0. The maximum absolute atomic E-state index is 13.0. The predicted octanol–water partition coefficient (Wildman–Crippen LogP) is 1.61. The van der Waals surface area contributed by atoms with Crippen molar-refractivity contribution in [2.24, 2.45) is 10.3 Å². The van der Waals surface area contributed by atoms with E-state index in [4.69, 9.17) is 94.7 Å². The molecular formula is C60H84N2O36S2. The fourth-order valence-electron chi connectivity index (χ4n) is 10.6. The number of ether oxygens (including phenoxy) is 20. The molecule has 38 nitrogen and oxygen atoms in total. The van der Waals surface area contributed by atoms with Crippen molar-refractivity contribution in [2.45, 2.75) is 257 Å². The first-order valence-corrected chi connectivity index (χ1v) is 32.7. The smallest absolute Gasteiger partial charge is 0.303 e. The molecule has 0 amide bonds. The summed E-state index contributed by atoms with van der Waals surface area (Å²) in [7, 11) is 0. The number of carbonyl (C=O) groups excluding carboxylic acids is 14. The van der Waals surface area contributed by atoms with Crippen molar-refractivity contribution in [3.05, 3.63) is 0 Å². The molecular weight excluding hydrogens is 1390 g/mol. The molecule has 4 aliphatic heterocycles. The van der Waals surface area contributed by atoms with Crippen LogP contribution in [0.4, 0.5) is 0 Å². The Hall–Kier alpha value is -8.02. The zero-order valence-corrected chi connectivity index (χ0v) is 58.7. The minimum absolute atomic E-state index is 0.0109. The maximum Gasteiger partial charge on any atom is 0.303 e. The van der Waals surface area contributed by atoms with Crippen LogP contribution in [0.25, 0.3) is 0 Å². The van der Waals surface area contributed by atoms with Crippen molar-refractivity contribution < 1.29 is 172 Å². The van der Waals surface area contributed by atoms with Gasteiger partial charge in [-0.1, -0.05) is 46.7 Å².